The Bertz CT molecular complexity index is 5310. The van der Waals surface area contributed by atoms with Gasteiger partial charge in [-0.1, -0.05) is 46.4 Å². The van der Waals surface area contributed by atoms with E-state index in [0.29, 0.717) is 66.2 Å². The summed E-state index contributed by atoms with van der Waals surface area (Å²) in [6.45, 7) is 0. The number of pyridine rings is 4. The summed E-state index contributed by atoms with van der Waals surface area (Å²) in [7, 11) is 2.04. The van der Waals surface area contributed by atoms with Crippen molar-refractivity contribution in [3.63, 3.8) is 0 Å². The van der Waals surface area contributed by atoms with Gasteiger partial charge < -0.3 is 83.1 Å². The number of nitrogen functional groups attached to an aromatic ring is 1. The Morgan fingerprint density at radius 3 is 1.00 bits per heavy atom. The molecule has 37 heteroatoms. The second-order valence-electron chi connectivity index (χ2n) is 23.0. The Balaban J connectivity index is 0.000000166. The summed E-state index contributed by atoms with van der Waals surface area (Å²) in [6.07, 6.45) is 10.4. The first-order chi connectivity index (χ1) is 51.3. The van der Waals surface area contributed by atoms with Gasteiger partial charge in [0, 0.05) is 82.7 Å². The van der Waals surface area contributed by atoms with E-state index in [2.05, 4.69) is 41.2 Å². The third-order valence-corrected chi connectivity index (χ3v) is 16.7. The quantitative estimate of drug-likeness (QED) is 0.0282. The molecule has 0 bridgehead atoms. The fourth-order valence-corrected chi connectivity index (χ4v) is 10.6. The molecular formula is C71H62Cl4F3N13O16S. The van der Waals surface area contributed by atoms with E-state index in [-0.39, 0.29) is 113 Å². The highest BCUT2D eigenvalue weighted by Crippen LogP contribution is 2.42. The zero-order chi connectivity index (χ0) is 78.6. The molecule has 15 N–H and O–H groups in total. The molecule has 0 saturated heterocycles. The topological polar surface area (TPSA) is 451 Å². The zero-order valence-corrected chi connectivity index (χ0v) is 60.8. The SMILES string of the molecule is COc1cc2nccc(Cl)c2cc1C(N)=O.COc1cc2nccc(Oc3ccc(N)c(Cl)c3F)c2cc1C(N)=O.COc1cc2nccc(Oc3ccc(NC(=O)NC4CC4)c(Cl)c3F)c2cc1C(N)=O.COc1cc2nccc(Oc3ccc(NC(=O)NC4CC4)c(Cl)c3F)c2cc1C(N)=O.CS(=O)(=O)O. The molecule has 0 unspecified atom stereocenters. The van der Waals surface area contributed by atoms with E-state index in [4.69, 9.17) is 113 Å². The number of urea groups is 2. The van der Waals surface area contributed by atoms with Crippen molar-refractivity contribution in [1.82, 2.24) is 30.6 Å². The molecule has 0 aliphatic heterocycles. The van der Waals surface area contributed by atoms with E-state index in [9.17, 15) is 50.4 Å². The van der Waals surface area contributed by atoms with Crippen molar-refractivity contribution in [2.24, 2.45) is 22.9 Å². The third-order valence-electron chi connectivity index (χ3n) is 15.3. The minimum atomic E-state index is -3.67. The van der Waals surface area contributed by atoms with Crippen LogP contribution in [-0.2, 0) is 10.1 Å². The summed E-state index contributed by atoms with van der Waals surface area (Å²) in [5, 5.41) is 12.2. The number of nitrogens with one attached hydrogen (secondary N) is 4. The zero-order valence-electron chi connectivity index (χ0n) is 57.0. The van der Waals surface area contributed by atoms with Crippen LogP contribution in [0.4, 0.5) is 39.8 Å². The summed E-state index contributed by atoms with van der Waals surface area (Å²) in [4.78, 5) is 86.9. The van der Waals surface area contributed by atoms with Gasteiger partial charge in [0.1, 0.15) is 55.3 Å². The Morgan fingerprint density at radius 1 is 0.426 bits per heavy atom. The molecule has 29 nitrogen and oxygen atoms in total. The van der Waals surface area contributed by atoms with Gasteiger partial charge in [0.15, 0.2) is 34.7 Å². The molecule has 2 saturated carbocycles. The molecule has 0 radical (unpaired) electrons. The van der Waals surface area contributed by atoms with Crippen molar-refractivity contribution >= 4 is 153 Å². The van der Waals surface area contributed by atoms with Crippen LogP contribution < -0.4 is 83.1 Å². The third kappa shape index (κ3) is 20.1. The number of benzene rings is 7. The fraction of sp³-hybridized carbons (Fsp3) is 0.155. The van der Waals surface area contributed by atoms with Crippen molar-refractivity contribution < 1.29 is 88.1 Å². The number of methoxy groups -OCH3 is 4. The number of fused-ring (bicyclic) bond motifs is 4. The van der Waals surface area contributed by atoms with Gasteiger partial charge in [-0.05, 0) is 111 Å². The van der Waals surface area contributed by atoms with Crippen molar-refractivity contribution in [2.45, 2.75) is 37.8 Å². The minimum Gasteiger partial charge on any atom is -0.496 e. The van der Waals surface area contributed by atoms with Gasteiger partial charge in [0.25, 0.3) is 33.7 Å². The number of aromatic nitrogens is 4. The smallest absolute Gasteiger partial charge is 0.319 e. The number of amides is 8. The summed E-state index contributed by atoms with van der Waals surface area (Å²) in [6, 6.07) is 26.2. The van der Waals surface area contributed by atoms with Crippen LogP contribution in [0.25, 0.3) is 43.6 Å². The van der Waals surface area contributed by atoms with Crippen LogP contribution in [0.15, 0.2) is 134 Å². The van der Waals surface area contributed by atoms with E-state index < -0.39 is 63.3 Å². The molecule has 2 aliphatic rings. The van der Waals surface area contributed by atoms with Crippen LogP contribution in [0.2, 0.25) is 20.1 Å². The average molecular weight is 1580 g/mol. The lowest BCUT2D eigenvalue weighted by Crippen LogP contribution is -2.30. The first kappa shape index (κ1) is 80.0. The van der Waals surface area contributed by atoms with Gasteiger partial charge >= 0.3 is 12.1 Å². The molecule has 7 aromatic carbocycles. The van der Waals surface area contributed by atoms with Crippen LogP contribution in [0.1, 0.15) is 67.1 Å². The Labute approximate surface area is 631 Å². The fourth-order valence-electron chi connectivity index (χ4n) is 9.84. The van der Waals surface area contributed by atoms with Gasteiger partial charge in [-0.25, -0.2) is 22.8 Å². The highest BCUT2D eigenvalue weighted by atomic mass is 35.5. The second-order valence-corrected chi connectivity index (χ2v) is 26.0. The number of carbonyl (C=O) groups is 6. The maximum atomic E-state index is 14.9. The highest BCUT2D eigenvalue weighted by Gasteiger charge is 2.27. The number of ether oxygens (including phenoxy) is 7. The molecule has 562 valence electrons. The number of anilines is 3. The first-order valence-corrected chi connectivity index (χ1v) is 34.7. The van der Waals surface area contributed by atoms with Crippen LogP contribution in [0, 0.1) is 17.5 Å². The number of halogens is 7. The second kappa shape index (κ2) is 34.8. The van der Waals surface area contributed by atoms with Gasteiger partial charge in [-0.2, -0.15) is 8.42 Å². The van der Waals surface area contributed by atoms with Gasteiger partial charge in [0.2, 0.25) is 0 Å². The maximum absolute atomic E-state index is 14.9. The van der Waals surface area contributed by atoms with Gasteiger partial charge in [-0.15, -0.1) is 0 Å². The van der Waals surface area contributed by atoms with E-state index in [1.807, 2.05) is 0 Å². The molecule has 2 aliphatic carbocycles. The number of rotatable bonds is 18. The van der Waals surface area contributed by atoms with Gasteiger partial charge in [0.05, 0.1) is 101 Å². The predicted octanol–water partition coefficient (Wildman–Crippen LogP) is 13.4. The van der Waals surface area contributed by atoms with Crippen LogP contribution >= 0.6 is 46.4 Å². The van der Waals surface area contributed by atoms with E-state index >= 15 is 0 Å². The number of primary amides is 4. The van der Waals surface area contributed by atoms with Gasteiger partial charge in [-0.3, -0.25) is 43.7 Å². The van der Waals surface area contributed by atoms with Crippen molar-refractivity contribution in [1.29, 1.82) is 0 Å². The predicted molar refractivity (Wildman–Crippen MR) is 399 cm³/mol. The summed E-state index contributed by atoms with van der Waals surface area (Å²) in [5.74, 6) is -3.58. The minimum absolute atomic E-state index is 0.104. The van der Waals surface area contributed by atoms with E-state index in [1.54, 1.807) is 30.5 Å². The molecule has 13 rings (SSSR count). The number of nitrogens with zero attached hydrogens (tertiary/aromatic N) is 4. The van der Waals surface area contributed by atoms with Crippen LogP contribution in [-0.4, -0.2) is 115 Å². The summed E-state index contributed by atoms with van der Waals surface area (Å²) >= 11 is 24.0. The molecule has 0 spiro atoms. The van der Waals surface area contributed by atoms with Crippen molar-refractivity contribution in [3.05, 3.63) is 194 Å². The normalized spacial score (nSPS) is 12.0. The number of hydrogen-bond donors (Lipinski definition) is 10. The lowest BCUT2D eigenvalue weighted by atomic mass is 10.1. The lowest BCUT2D eigenvalue weighted by molar-refractivity contribution is 0.0989. The maximum Gasteiger partial charge on any atom is 0.319 e. The largest absolute Gasteiger partial charge is 0.496 e. The number of hydrogen-bond acceptors (Lipinski definition) is 20. The highest BCUT2D eigenvalue weighted by molar-refractivity contribution is 7.85. The van der Waals surface area contributed by atoms with Crippen molar-refractivity contribution in [3.8, 4) is 57.5 Å². The van der Waals surface area contributed by atoms with Crippen LogP contribution in [0.3, 0.4) is 0 Å². The Hall–Kier alpha value is -12.1. The molecule has 4 heterocycles. The molecule has 108 heavy (non-hydrogen) atoms. The molecule has 4 aromatic heterocycles. The standard InChI is InChI=1S/2C21H18ClFN4O4.C17H13ClFN3O3.C11H9ClN2O2.CH4O3S/c2*1-30-17-9-14-11(8-12(17)20(24)28)15(6-7-25-14)31-16-5-4-13(18(22)19(16)23)27-21(29)26-10-2-3-10;1-24-14-7-11-8(6-9(14)17(21)23)12(4-5-22-11)25-13-3-2-10(20)15(18)16(13)19;1-16-10-5-9-6(4-7(10)11(13)15)8(12)2-3-14-9;1-5(2,3)4/h2*4-10H,2-3H2,1H3,(H2,24,28)(H2,26,27,29);2-7H,20H2,1H3,(H2,21,23);2-5H,1H3,(H2,13,15);1H3,(H,2,3,4). The number of nitrogens with two attached hydrogens (primary N) is 5. The molecule has 0 atom stereocenters. The van der Waals surface area contributed by atoms with E-state index in [0.717, 1.165) is 25.7 Å². The lowest BCUT2D eigenvalue weighted by Gasteiger charge is -2.14. The summed E-state index contributed by atoms with van der Waals surface area (Å²) < 4.78 is 107. The molecule has 8 amide bonds. The van der Waals surface area contributed by atoms with Crippen LogP contribution in [0.5, 0.6) is 57.5 Å². The number of carbonyl (C=O) groups excluding carboxylic acids is 6. The monoisotopic (exact) mass is 1580 g/mol. The molecule has 2 fully saturated rings. The first-order valence-electron chi connectivity index (χ1n) is 31.3. The Kier molecular flexibility index (Phi) is 25.8. The average Bonchev–Trinajstić information content (AvgIpc) is 0.826. The molecular weight excluding hydrogens is 1520 g/mol. The summed E-state index contributed by atoms with van der Waals surface area (Å²) in [5.41, 5.74) is 30.1. The Morgan fingerprint density at radius 2 is 0.704 bits per heavy atom. The van der Waals surface area contributed by atoms with Crippen molar-refractivity contribution in [2.75, 3.05) is 51.1 Å². The van der Waals surface area contributed by atoms with E-state index in [1.165, 1.54) is 132 Å². The molecule has 11 aromatic rings.